The minimum atomic E-state index is -0.453. The van der Waals surface area contributed by atoms with Gasteiger partial charge in [-0.15, -0.1) is 5.10 Å². The number of hydrogen-bond acceptors (Lipinski definition) is 6. The van der Waals surface area contributed by atoms with E-state index < -0.39 is 6.09 Å². The Labute approximate surface area is 127 Å². The van der Waals surface area contributed by atoms with Crippen LogP contribution in [0.2, 0.25) is 0 Å². The van der Waals surface area contributed by atoms with Crippen molar-refractivity contribution in [3.63, 3.8) is 0 Å². The van der Waals surface area contributed by atoms with Gasteiger partial charge in [-0.3, -0.25) is 4.98 Å². The number of aromatic nitrogens is 4. The number of alkyl carbamates (subject to hydrolysis) is 1. The second-order valence-electron chi connectivity index (χ2n) is 5.04. The quantitative estimate of drug-likeness (QED) is 0.883. The van der Waals surface area contributed by atoms with Crippen LogP contribution in [0.5, 0.6) is 0 Å². The van der Waals surface area contributed by atoms with Gasteiger partial charge in [0.2, 0.25) is 0 Å². The monoisotopic (exact) mass is 303 g/mol. The van der Waals surface area contributed by atoms with Crippen molar-refractivity contribution >= 4 is 6.09 Å². The minimum Gasteiger partial charge on any atom is -0.449 e. The summed E-state index contributed by atoms with van der Waals surface area (Å²) in [5, 5.41) is 10.7. The van der Waals surface area contributed by atoms with E-state index >= 15 is 0 Å². The highest BCUT2D eigenvalue weighted by Crippen LogP contribution is 2.12. The molecule has 0 radical (unpaired) electrons. The van der Waals surface area contributed by atoms with E-state index in [-0.39, 0.29) is 6.54 Å². The van der Waals surface area contributed by atoms with E-state index in [1.165, 1.54) is 0 Å². The summed E-state index contributed by atoms with van der Waals surface area (Å²) in [5.74, 6) is 0.304. The van der Waals surface area contributed by atoms with Crippen LogP contribution < -0.4 is 5.32 Å². The Kier molecular flexibility index (Phi) is 4.59. The predicted octanol–water partition coefficient (Wildman–Crippen LogP) is 0.925. The van der Waals surface area contributed by atoms with Crippen LogP contribution in [-0.2, 0) is 16.0 Å². The standard InChI is InChI=1S/C14H17N5O3/c20-14(22-10-11-3-6-21-9-11)16-7-12-8-19(18-17-12)13-1-4-15-5-2-13/h1-2,4-5,8,11H,3,6-7,9-10H2,(H,16,20). The molecule has 1 saturated heterocycles. The topological polar surface area (TPSA) is 91.2 Å². The third-order valence-corrected chi connectivity index (χ3v) is 3.36. The van der Waals surface area contributed by atoms with Gasteiger partial charge in [0.05, 0.1) is 31.6 Å². The van der Waals surface area contributed by atoms with Crippen LogP contribution in [0.15, 0.2) is 30.7 Å². The lowest BCUT2D eigenvalue weighted by Crippen LogP contribution is -2.26. The molecule has 2 aromatic rings. The Morgan fingerprint density at radius 3 is 3.09 bits per heavy atom. The Morgan fingerprint density at radius 1 is 1.45 bits per heavy atom. The molecular formula is C14H17N5O3. The van der Waals surface area contributed by atoms with E-state index in [2.05, 4.69) is 20.6 Å². The van der Waals surface area contributed by atoms with E-state index in [4.69, 9.17) is 9.47 Å². The molecule has 1 amide bonds. The highest BCUT2D eigenvalue weighted by molar-refractivity contribution is 5.67. The number of amides is 1. The third kappa shape index (κ3) is 3.79. The van der Waals surface area contributed by atoms with Crippen molar-refractivity contribution in [3.05, 3.63) is 36.4 Å². The van der Waals surface area contributed by atoms with Crippen LogP contribution in [0, 0.1) is 5.92 Å². The molecule has 3 rings (SSSR count). The lowest BCUT2D eigenvalue weighted by atomic mass is 10.1. The molecule has 1 atom stereocenters. The molecule has 116 valence electrons. The first-order valence-electron chi connectivity index (χ1n) is 7.11. The fourth-order valence-corrected chi connectivity index (χ4v) is 2.12. The summed E-state index contributed by atoms with van der Waals surface area (Å²) in [6, 6.07) is 3.65. The highest BCUT2D eigenvalue weighted by atomic mass is 16.6. The maximum atomic E-state index is 11.6. The van der Waals surface area contributed by atoms with E-state index in [0.717, 1.165) is 18.7 Å². The largest absolute Gasteiger partial charge is 0.449 e. The average molecular weight is 303 g/mol. The van der Waals surface area contributed by atoms with Gasteiger partial charge in [0, 0.05) is 24.9 Å². The van der Waals surface area contributed by atoms with Crippen LogP contribution in [0.4, 0.5) is 4.79 Å². The van der Waals surface area contributed by atoms with Crippen molar-refractivity contribution in [1.29, 1.82) is 0 Å². The number of carbonyl (C=O) groups is 1. The molecule has 0 saturated carbocycles. The summed E-state index contributed by atoms with van der Waals surface area (Å²) in [5.41, 5.74) is 1.51. The molecule has 0 spiro atoms. The minimum absolute atomic E-state index is 0.269. The molecule has 1 unspecified atom stereocenters. The second kappa shape index (κ2) is 6.99. The van der Waals surface area contributed by atoms with Crippen LogP contribution >= 0.6 is 0 Å². The molecule has 8 heteroatoms. The van der Waals surface area contributed by atoms with E-state index in [0.29, 0.717) is 24.8 Å². The maximum absolute atomic E-state index is 11.6. The van der Waals surface area contributed by atoms with Crippen molar-refractivity contribution in [2.24, 2.45) is 5.92 Å². The first-order valence-corrected chi connectivity index (χ1v) is 7.11. The molecule has 8 nitrogen and oxygen atoms in total. The van der Waals surface area contributed by atoms with Crippen LogP contribution in [-0.4, -0.2) is 45.9 Å². The normalized spacial score (nSPS) is 17.4. The van der Waals surface area contributed by atoms with Crippen molar-refractivity contribution in [3.8, 4) is 5.69 Å². The Hall–Kier alpha value is -2.48. The summed E-state index contributed by atoms with van der Waals surface area (Å²) < 4.78 is 12.0. The van der Waals surface area contributed by atoms with Gasteiger partial charge in [0.1, 0.15) is 5.69 Å². The fraction of sp³-hybridized carbons (Fsp3) is 0.429. The Balaban J connectivity index is 1.45. The number of pyridine rings is 1. The van der Waals surface area contributed by atoms with Crippen LogP contribution in [0.25, 0.3) is 5.69 Å². The van der Waals surface area contributed by atoms with Gasteiger partial charge in [-0.25, -0.2) is 9.48 Å². The smallest absolute Gasteiger partial charge is 0.407 e. The number of nitrogens with one attached hydrogen (secondary N) is 1. The van der Waals surface area contributed by atoms with Gasteiger partial charge < -0.3 is 14.8 Å². The van der Waals surface area contributed by atoms with Gasteiger partial charge in [0.25, 0.3) is 0 Å². The van der Waals surface area contributed by atoms with Crippen molar-refractivity contribution < 1.29 is 14.3 Å². The Morgan fingerprint density at radius 2 is 2.32 bits per heavy atom. The van der Waals surface area contributed by atoms with Crippen molar-refractivity contribution in [1.82, 2.24) is 25.3 Å². The third-order valence-electron chi connectivity index (χ3n) is 3.36. The predicted molar refractivity (Wildman–Crippen MR) is 76.3 cm³/mol. The molecule has 1 N–H and O–H groups in total. The van der Waals surface area contributed by atoms with E-state index in [1.54, 1.807) is 23.3 Å². The van der Waals surface area contributed by atoms with Crippen molar-refractivity contribution in [2.75, 3.05) is 19.8 Å². The SMILES string of the molecule is O=C(NCc1cn(-c2ccncc2)nn1)OCC1CCOC1. The van der Waals surface area contributed by atoms with E-state index in [1.807, 2.05) is 12.1 Å². The number of nitrogens with zero attached hydrogens (tertiary/aromatic N) is 4. The summed E-state index contributed by atoms with van der Waals surface area (Å²) in [6.45, 7) is 2.06. The van der Waals surface area contributed by atoms with Gasteiger partial charge in [0.15, 0.2) is 0 Å². The molecule has 22 heavy (non-hydrogen) atoms. The highest BCUT2D eigenvalue weighted by Gasteiger charge is 2.17. The zero-order valence-electron chi connectivity index (χ0n) is 12.0. The zero-order chi connectivity index (χ0) is 15.2. The molecule has 0 bridgehead atoms. The number of ether oxygens (including phenoxy) is 2. The second-order valence-corrected chi connectivity index (χ2v) is 5.04. The summed E-state index contributed by atoms with van der Waals surface area (Å²) in [4.78, 5) is 15.6. The molecule has 0 aliphatic carbocycles. The van der Waals surface area contributed by atoms with Crippen LogP contribution in [0.3, 0.4) is 0 Å². The first-order chi connectivity index (χ1) is 10.8. The summed E-state index contributed by atoms with van der Waals surface area (Å²) in [7, 11) is 0. The van der Waals surface area contributed by atoms with Gasteiger partial charge in [-0.05, 0) is 18.6 Å². The number of rotatable bonds is 5. The van der Waals surface area contributed by atoms with Gasteiger partial charge in [-0.1, -0.05) is 5.21 Å². The van der Waals surface area contributed by atoms with Gasteiger partial charge >= 0.3 is 6.09 Å². The van der Waals surface area contributed by atoms with Gasteiger partial charge in [-0.2, -0.15) is 0 Å². The fourth-order valence-electron chi connectivity index (χ4n) is 2.12. The summed E-state index contributed by atoms with van der Waals surface area (Å²) in [6.07, 6.45) is 5.59. The number of hydrogen-bond donors (Lipinski definition) is 1. The zero-order valence-corrected chi connectivity index (χ0v) is 12.0. The van der Waals surface area contributed by atoms with Crippen LogP contribution in [0.1, 0.15) is 12.1 Å². The maximum Gasteiger partial charge on any atom is 0.407 e. The molecule has 3 heterocycles. The average Bonchev–Trinajstić information content (AvgIpc) is 3.23. The number of carbonyl (C=O) groups excluding carboxylic acids is 1. The Bertz CT molecular complexity index is 610. The molecule has 2 aromatic heterocycles. The molecule has 1 fully saturated rings. The van der Waals surface area contributed by atoms with E-state index in [9.17, 15) is 4.79 Å². The lowest BCUT2D eigenvalue weighted by Gasteiger charge is -2.09. The lowest BCUT2D eigenvalue weighted by molar-refractivity contribution is 0.116. The molecule has 0 aromatic carbocycles. The first kappa shape index (κ1) is 14.5. The molecule has 1 aliphatic rings. The molecule has 1 aliphatic heterocycles. The van der Waals surface area contributed by atoms with Crippen molar-refractivity contribution in [2.45, 2.75) is 13.0 Å². The summed E-state index contributed by atoms with van der Waals surface area (Å²) >= 11 is 0. The molecular weight excluding hydrogens is 286 g/mol.